The van der Waals surface area contributed by atoms with Gasteiger partial charge in [0.1, 0.15) is 17.7 Å². The summed E-state index contributed by atoms with van der Waals surface area (Å²) < 4.78 is 10.8. The van der Waals surface area contributed by atoms with Gasteiger partial charge in [0.15, 0.2) is 0 Å². The minimum absolute atomic E-state index is 0.274. The van der Waals surface area contributed by atoms with Crippen LogP contribution in [-0.2, 0) is 4.74 Å². The number of aliphatic hydroxyl groups is 1. The summed E-state index contributed by atoms with van der Waals surface area (Å²) in [5, 5.41) is 13.9. The number of esters is 1. The molecule has 2 fully saturated rings. The highest BCUT2D eigenvalue weighted by Crippen LogP contribution is 2.39. The van der Waals surface area contributed by atoms with Crippen LogP contribution in [0.5, 0.6) is 5.75 Å². The van der Waals surface area contributed by atoms with Crippen molar-refractivity contribution < 1.29 is 19.4 Å². The maximum atomic E-state index is 11.6. The summed E-state index contributed by atoms with van der Waals surface area (Å²) in [5.74, 6) is 2.63. The Morgan fingerprint density at radius 3 is 2.63 bits per heavy atom. The van der Waals surface area contributed by atoms with Gasteiger partial charge in [-0.15, -0.1) is 0 Å². The molecular formula is C22H28N4O4. The lowest BCUT2D eigenvalue weighted by molar-refractivity contribution is -0.0231. The number of hydrogen-bond donors (Lipinski definition) is 2. The molecule has 2 heterocycles. The summed E-state index contributed by atoms with van der Waals surface area (Å²) in [7, 11) is 1.36. The summed E-state index contributed by atoms with van der Waals surface area (Å²) in [4.78, 5) is 22.8. The zero-order valence-electron chi connectivity index (χ0n) is 17.3. The van der Waals surface area contributed by atoms with E-state index in [1.54, 1.807) is 30.5 Å². The van der Waals surface area contributed by atoms with Gasteiger partial charge in [-0.05, 0) is 61.9 Å². The van der Waals surface area contributed by atoms with Crippen LogP contribution in [0.3, 0.4) is 0 Å². The van der Waals surface area contributed by atoms with Crippen LogP contribution in [0.25, 0.3) is 0 Å². The number of carbonyl (C=O) groups is 1. The van der Waals surface area contributed by atoms with Crippen molar-refractivity contribution in [2.24, 2.45) is 11.8 Å². The second-order valence-electron chi connectivity index (χ2n) is 7.91. The van der Waals surface area contributed by atoms with Crippen molar-refractivity contribution in [3.05, 3.63) is 42.1 Å². The molecule has 8 nitrogen and oxygen atoms in total. The molecule has 0 spiro atoms. The van der Waals surface area contributed by atoms with Gasteiger partial charge in [0.25, 0.3) is 0 Å². The van der Waals surface area contributed by atoms with Crippen molar-refractivity contribution in [2.75, 3.05) is 37.0 Å². The Morgan fingerprint density at radius 1 is 1.20 bits per heavy atom. The van der Waals surface area contributed by atoms with Crippen LogP contribution in [0.1, 0.15) is 30.1 Å². The predicted molar refractivity (Wildman–Crippen MR) is 113 cm³/mol. The molecule has 2 aliphatic rings. The number of fused-ring (bicyclic) bond motifs is 1. The van der Waals surface area contributed by atoms with Crippen LogP contribution in [0, 0.1) is 11.8 Å². The lowest BCUT2D eigenvalue weighted by atomic mass is 9.78. The van der Waals surface area contributed by atoms with Crippen LogP contribution in [0.2, 0.25) is 0 Å². The topological polar surface area (TPSA) is 96.8 Å². The Hall–Kier alpha value is -2.87. The van der Waals surface area contributed by atoms with Crippen LogP contribution < -0.4 is 15.0 Å². The fourth-order valence-corrected chi connectivity index (χ4v) is 4.42. The van der Waals surface area contributed by atoms with Gasteiger partial charge in [-0.1, -0.05) is 0 Å². The van der Waals surface area contributed by atoms with Gasteiger partial charge >= 0.3 is 5.97 Å². The number of benzene rings is 1. The molecule has 1 aliphatic carbocycles. The van der Waals surface area contributed by atoms with Gasteiger partial charge < -0.3 is 24.8 Å². The van der Waals surface area contributed by atoms with E-state index in [1.165, 1.54) is 7.11 Å². The number of aliphatic hydroxyl groups excluding tert-OH is 1. The van der Waals surface area contributed by atoms with E-state index in [1.807, 2.05) is 13.0 Å². The fraction of sp³-hybridized carbons (Fsp3) is 0.500. The molecule has 0 amide bonds. The molecule has 1 aliphatic heterocycles. The predicted octanol–water partition coefficient (Wildman–Crippen LogP) is 2.35. The standard InChI is InChI=1S/C22H28N4O4/c1-3-23-20-8-9-24-22(25-20)26-12-15-10-18(27)19(11-16(15)13-26)30-17-6-4-14(5-7-17)21(28)29-2/h4-9,15-16,18-19,27H,3,10-13H2,1-2H3,(H,23,24,25)/t15-,16+,18+,19+/m0/s1. The van der Waals surface area contributed by atoms with E-state index in [0.29, 0.717) is 29.6 Å². The fourth-order valence-electron chi connectivity index (χ4n) is 4.42. The maximum Gasteiger partial charge on any atom is 0.337 e. The van der Waals surface area contributed by atoms with Crippen LogP contribution in [0.4, 0.5) is 11.8 Å². The molecule has 4 atom stereocenters. The molecule has 1 aromatic carbocycles. The molecule has 0 radical (unpaired) electrons. The zero-order chi connectivity index (χ0) is 21.1. The quantitative estimate of drug-likeness (QED) is 0.698. The molecular weight excluding hydrogens is 384 g/mol. The lowest BCUT2D eigenvalue weighted by Gasteiger charge is -2.35. The summed E-state index contributed by atoms with van der Waals surface area (Å²) in [6.07, 6.45) is 2.44. The van der Waals surface area contributed by atoms with E-state index in [-0.39, 0.29) is 12.1 Å². The smallest absolute Gasteiger partial charge is 0.337 e. The second kappa shape index (κ2) is 8.87. The minimum Gasteiger partial charge on any atom is -0.488 e. The average molecular weight is 412 g/mol. The molecule has 2 N–H and O–H groups in total. The molecule has 4 rings (SSSR count). The van der Waals surface area contributed by atoms with Crippen molar-refractivity contribution in [3.8, 4) is 5.75 Å². The highest BCUT2D eigenvalue weighted by molar-refractivity contribution is 5.89. The first-order chi connectivity index (χ1) is 14.6. The largest absolute Gasteiger partial charge is 0.488 e. The van der Waals surface area contributed by atoms with E-state index < -0.39 is 6.10 Å². The number of ether oxygens (including phenoxy) is 2. The number of rotatable bonds is 6. The summed E-state index contributed by atoms with van der Waals surface area (Å²) in [6, 6.07) is 8.70. The van der Waals surface area contributed by atoms with E-state index in [2.05, 4.69) is 20.2 Å². The number of hydrogen-bond acceptors (Lipinski definition) is 8. The van der Waals surface area contributed by atoms with Crippen molar-refractivity contribution in [1.29, 1.82) is 0 Å². The van der Waals surface area contributed by atoms with Gasteiger partial charge in [-0.25, -0.2) is 9.78 Å². The highest BCUT2D eigenvalue weighted by atomic mass is 16.5. The number of anilines is 2. The molecule has 1 saturated carbocycles. The third-order valence-corrected chi connectivity index (χ3v) is 5.93. The summed E-state index contributed by atoms with van der Waals surface area (Å²) in [6.45, 7) is 4.55. The summed E-state index contributed by atoms with van der Waals surface area (Å²) in [5.41, 5.74) is 0.473. The van der Waals surface area contributed by atoms with Gasteiger partial charge in [0, 0.05) is 25.8 Å². The number of carbonyl (C=O) groups excluding carboxylic acids is 1. The normalized spacial score (nSPS) is 25.5. The zero-order valence-corrected chi connectivity index (χ0v) is 17.3. The first kappa shape index (κ1) is 20.4. The van der Waals surface area contributed by atoms with Crippen molar-refractivity contribution in [2.45, 2.75) is 32.0 Å². The molecule has 160 valence electrons. The van der Waals surface area contributed by atoms with Crippen LogP contribution in [-0.4, -0.2) is 60.0 Å². The second-order valence-corrected chi connectivity index (χ2v) is 7.91. The Bertz CT molecular complexity index is 876. The van der Waals surface area contributed by atoms with Crippen LogP contribution in [0.15, 0.2) is 36.5 Å². The molecule has 0 bridgehead atoms. The highest BCUT2D eigenvalue weighted by Gasteiger charge is 2.43. The van der Waals surface area contributed by atoms with Crippen molar-refractivity contribution >= 4 is 17.7 Å². The Labute approximate surface area is 176 Å². The summed E-state index contributed by atoms with van der Waals surface area (Å²) >= 11 is 0. The molecule has 2 aromatic rings. The maximum absolute atomic E-state index is 11.6. The Morgan fingerprint density at radius 2 is 1.93 bits per heavy atom. The third kappa shape index (κ3) is 4.33. The molecule has 8 heteroatoms. The first-order valence-corrected chi connectivity index (χ1v) is 10.4. The Kier molecular flexibility index (Phi) is 6.03. The SMILES string of the molecule is CCNc1ccnc(N2C[C@H]3C[C@@H](Oc4ccc(C(=O)OC)cc4)[C@H](O)C[C@H]3C2)n1. The van der Waals surface area contributed by atoms with Gasteiger partial charge in [0.2, 0.25) is 5.95 Å². The van der Waals surface area contributed by atoms with E-state index in [0.717, 1.165) is 37.8 Å². The number of nitrogens with zero attached hydrogens (tertiary/aromatic N) is 3. The number of methoxy groups -OCH3 is 1. The number of aromatic nitrogens is 2. The monoisotopic (exact) mass is 412 g/mol. The van der Waals surface area contributed by atoms with Gasteiger partial charge in [-0.3, -0.25) is 0 Å². The first-order valence-electron chi connectivity index (χ1n) is 10.4. The number of nitrogens with one attached hydrogen (secondary N) is 1. The molecule has 1 saturated heterocycles. The van der Waals surface area contributed by atoms with Gasteiger partial charge in [-0.2, -0.15) is 4.98 Å². The minimum atomic E-state index is -0.527. The molecule has 30 heavy (non-hydrogen) atoms. The van der Waals surface area contributed by atoms with Crippen molar-refractivity contribution in [1.82, 2.24) is 9.97 Å². The van der Waals surface area contributed by atoms with Crippen molar-refractivity contribution in [3.63, 3.8) is 0 Å². The third-order valence-electron chi connectivity index (χ3n) is 5.93. The van der Waals surface area contributed by atoms with E-state index in [9.17, 15) is 9.90 Å². The van der Waals surface area contributed by atoms with E-state index in [4.69, 9.17) is 9.47 Å². The average Bonchev–Trinajstić information content (AvgIpc) is 3.17. The lowest BCUT2D eigenvalue weighted by Crippen LogP contribution is -2.42. The van der Waals surface area contributed by atoms with Crippen LogP contribution >= 0.6 is 0 Å². The van der Waals surface area contributed by atoms with Gasteiger partial charge in [0.05, 0.1) is 18.8 Å². The Balaban J connectivity index is 1.40. The molecule has 0 unspecified atom stereocenters. The van der Waals surface area contributed by atoms with E-state index >= 15 is 0 Å². The molecule has 1 aromatic heterocycles.